The average Bonchev–Trinajstić information content (AvgIpc) is 2.78. The minimum Gasteiger partial charge on any atom is -0.468 e. The van der Waals surface area contributed by atoms with Crippen LogP contribution in [0, 0.1) is 5.92 Å². The van der Waals surface area contributed by atoms with Gasteiger partial charge in [0, 0.05) is 5.75 Å². The molecule has 0 N–H and O–H groups in total. The summed E-state index contributed by atoms with van der Waals surface area (Å²) in [5.74, 6) is 1.28. The maximum atomic E-state index is 11.1. The number of rotatable bonds is 7. The highest BCUT2D eigenvalue weighted by Gasteiger charge is 2.13. The van der Waals surface area contributed by atoms with Gasteiger partial charge in [-0.2, -0.15) is 0 Å². The molecule has 0 fully saturated rings. The molecule has 1 aromatic rings. The van der Waals surface area contributed by atoms with Gasteiger partial charge in [-0.3, -0.25) is 4.79 Å². The zero-order chi connectivity index (χ0) is 12.7. The molecule has 96 valence electrons. The van der Waals surface area contributed by atoms with Gasteiger partial charge in [-0.05, 0) is 16.3 Å². The van der Waals surface area contributed by atoms with Gasteiger partial charge in [-0.25, -0.2) is 4.68 Å². The van der Waals surface area contributed by atoms with Gasteiger partial charge in [-0.15, -0.1) is 5.10 Å². The zero-order valence-corrected chi connectivity index (χ0v) is 11.2. The first-order valence-electron chi connectivity index (χ1n) is 5.67. The Labute approximate surface area is 105 Å². The molecule has 0 radical (unpaired) electrons. The molecule has 0 aromatic carbocycles. The van der Waals surface area contributed by atoms with Crippen molar-refractivity contribution in [1.82, 2.24) is 20.2 Å². The predicted octanol–water partition coefficient (Wildman–Crippen LogP) is 1.37. The number of carbonyl (C=O) groups is 1. The summed E-state index contributed by atoms with van der Waals surface area (Å²) in [7, 11) is 1.35. The van der Waals surface area contributed by atoms with Crippen molar-refractivity contribution in [2.24, 2.45) is 5.92 Å². The van der Waals surface area contributed by atoms with Gasteiger partial charge in [0.05, 0.1) is 7.11 Å². The number of ether oxygens (including phenoxy) is 1. The summed E-state index contributed by atoms with van der Waals surface area (Å²) in [6.45, 7) is 4.41. The second-order valence-electron chi connectivity index (χ2n) is 3.69. The van der Waals surface area contributed by atoms with Gasteiger partial charge >= 0.3 is 5.97 Å². The predicted molar refractivity (Wildman–Crippen MR) is 64.6 cm³/mol. The van der Waals surface area contributed by atoms with E-state index in [9.17, 15) is 4.79 Å². The Kier molecular flexibility index (Phi) is 5.96. The van der Waals surface area contributed by atoms with Crippen LogP contribution < -0.4 is 0 Å². The monoisotopic (exact) mass is 258 g/mol. The molecule has 0 bridgehead atoms. The fourth-order valence-corrected chi connectivity index (χ4v) is 2.50. The lowest BCUT2D eigenvalue weighted by Gasteiger charge is -2.10. The van der Waals surface area contributed by atoms with Crippen LogP contribution in [0.25, 0.3) is 0 Å². The van der Waals surface area contributed by atoms with Crippen LogP contribution in [0.15, 0.2) is 5.16 Å². The summed E-state index contributed by atoms with van der Waals surface area (Å²) in [6, 6.07) is 0. The average molecular weight is 258 g/mol. The topological polar surface area (TPSA) is 69.9 Å². The van der Waals surface area contributed by atoms with E-state index in [1.807, 2.05) is 0 Å². The van der Waals surface area contributed by atoms with Crippen LogP contribution in [-0.2, 0) is 16.1 Å². The first-order valence-corrected chi connectivity index (χ1v) is 6.65. The summed E-state index contributed by atoms with van der Waals surface area (Å²) in [5, 5.41) is 11.9. The molecule has 0 saturated carbocycles. The van der Waals surface area contributed by atoms with Crippen LogP contribution in [-0.4, -0.2) is 39.0 Å². The van der Waals surface area contributed by atoms with Crippen LogP contribution >= 0.6 is 11.8 Å². The molecule has 0 saturated heterocycles. The van der Waals surface area contributed by atoms with E-state index >= 15 is 0 Å². The lowest BCUT2D eigenvalue weighted by molar-refractivity contribution is -0.141. The van der Waals surface area contributed by atoms with E-state index in [0.29, 0.717) is 11.1 Å². The largest absolute Gasteiger partial charge is 0.468 e. The first kappa shape index (κ1) is 14.0. The quantitative estimate of drug-likeness (QED) is 0.543. The lowest BCUT2D eigenvalue weighted by atomic mass is 10.1. The molecule has 7 heteroatoms. The van der Waals surface area contributed by atoms with Gasteiger partial charge in [0.1, 0.15) is 6.54 Å². The van der Waals surface area contributed by atoms with Gasteiger partial charge in [-0.1, -0.05) is 38.5 Å². The Morgan fingerprint density at radius 1 is 1.47 bits per heavy atom. The third kappa shape index (κ3) is 4.33. The molecule has 17 heavy (non-hydrogen) atoms. The van der Waals surface area contributed by atoms with Crippen molar-refractivity contribution in [1.29, 1.82) is 0 Å². The molecule has 0 aliphatic heterocycles. The molecule has 0 aliphatic carbocycles. The number of tetrazole rings is 1. The molecule has 6 nitrogen and oxygen atoms in total. The fourth-order valence-electron chi connectivity index (χ4n) is 1.30. The molecule has 1 rings (SSSR count). The Morgan fingerprint density at radius 3 is 2.76 bits per heavy atom. The van der Waals surface area contributed by atoms with Crippen LogP contribution in [0.3, 0.4) is 0 Å². The van der Waals surface area contributed by atoms with E-state index in [1.165, 1.54) is 11.8 Å². The maximum Gasteiger partial charge on any atom is 0.327 e. The molecular weight excluding hydrogens is 240 g/mol. The van der Waals surface area contributed by atoms with Crippen LogP contribution in [0.4, 0.5) is 0 Å². The maximum absolute atomic E-state index is 11.1. The Bertz CT molecular complexity index is 352. The fraction of sp³-hybridized carbons (Fsp3) is 0.800. The smallest absolute Gasteiger partial charge is 0.327 e. The summed E-state index contributed by atoms with van der Waals surface area (Å²) >= 11 is 1.58. The van der Waals surface area contributed by atoms with E-state index in [2.05, 4.69) is 34.1 Å². The number of nitrogens with zero attached hydrogens (tertiary/aromatic N) is 4. The normalized spacial score (nSPS) is 10.8. The SMILES string of the molecule is CCC(CC)CSc1nnnn1CC(=O)OC. The molecule has 0 atom stereocenters. The van der Waals surface area contributed by atoms with Crippen molar-refractivity contribution in [2.75, 3.05) is 12.9 Å². The first-order chi connectivity index (χ1) is 8.21. The summed E-state index contributed by atoms with van der Waals surface area (Å²) in [6.07, 6.45) is 2.28. The number of hydrogen-bond donors (Lipinski definition) is 0. The van der Waals surface area contributed by atoms with Gasteiger partial charge in [0.2, 0.25) is 5.16 Å². The number of methoxy groups -OCH3 is 1. The van der Waals surface area contributed by atoms with Gasteiger partial charge < -0.3 is 4.74 Å². The number of hydrogen-bond acceptors (Lipinski definition) is 6. The highest BCUT2D eigenvalue weighted by atomic mass is 32.2. The molecule has 0 spiro atoms. The van der Waals surface area contributed by atoms with Gasteiger partial charge in [0.15, 0.2) is 0 Å². The minimum atomic E-state index is -0.346. The van der Waals surface area contributed by atoms with Crippen molar-refractivity contribution in [3.05, 3.63) is 0 Å². The van der Waals surface area contributed by atoms with Crippen molar-refractivity contribution in [3.8, 4) is 0 Å². The number of thioether (sulfide) groups is 1. The minimum absolute atomic E-state index is 0.0642. The van der Waals surface area contributed by atoms with Crippen LogP contribution in [0.1, 0.15) is 26.7 Å². The highest BCUT2D eigenvalue weighted by Crippen LogP contribution is 2.21. The molecule has 0 aliphatic rings. The molecule has 0 amide bonds. The summed E-state index contributed by atoms with van der Waals surface area (Å²) in [4.78, 5) is 11.1. The second kappa shape index (κ2) is 7.26. The Hall–Kier alpha value is -1.11. The molecule has 0 unspecified atom stereocenters. The summed E-state index contributed by atoms with van der Waals surface area (Å²) in [5.41, 5.74) is 0. The third-order valence-corrected chi connectivity index (χ3v) is 3.80. The van der Waals surface area contributed by atoms with Crippen molar-refractivity contribution >= 4 is 17.7 Å². The molecule has 1 aromatic heterocycles. The standard InChI is InChI=1S/C10H18N4O2S/c1-4-8(5-2)7-17-10-11-12-13-14(10)6-9(15)16-3/h8H,4-7H2,1-3H3. The lowest BCUT2D eigenvalue weighted by Crippen LogP contribution is -2.14. The van der Waals surface area contributed by atoms with E-state index in [1.54, 1.807) is 11.8 Å². The van der Waals surface area contributed by atoms with E-state index in [4.69, 9.17) is 0 Å². The summed E-state index contributed by atoms with van der Waals surface area (Å²) < 4.78 is 6.05. The zero-order valence-electron chi connectivity index (χ0n) is 10.4. The van der Waals surface area contributed by atoms with E-state index in [-0.39, 0.29) is 12.5 Å². The third-order valence-electron chi connectivity index (χ3n) is 2.61. The van der Waals surface area contributed by atoms with Crippen molar-refractivity contribution in [3.63, 3.8) is 0 Å². The molecule has 1 heterocycles. The number of carbonyl (C=O) groups excluding carboxylic acids is 1. The van der Waals surface area contributed by atoms with Crippen molar-refractivity contribution < 1.29 is 9.53 Å². The van der Waals surface area contributed by atoms with Crippen molar-refractivity contribution in [2.45, 2.75) is 38.4 Å². The van der Waals surface area contributed by atoms with Crippen LogP contribution in [0.5, 0.6) is 0 Å². The van der Waals surface area contributed by atoms with Crippen LogP contribution in [0.2, 0.25) is 0 Å². The highest BCUT2D eigenvalue weighted by molar-refractivity contribution is 7.99. The Balaban J connectivity index is 2.53. The molecular formula is C10H18N4O2S. The number of esters is 1. The van der Waals surface area contributed by atoms with Gasteiger partial charge in [0.25, 0.3) is 0 Å². The Morgan fingerprint density at radius 2 is 2.18 bits per heavy atom. The second-order valence-corrected chi connectivity index (χ2v) is 4.68. The van der Waals surface area contributed by atoms with E-state index < -0.39 is 0 Å². The van der Waals surface area contributed by atoms with E-state index in [0.717, 1.165) is 18.6 Å². The number of aromatic nitrogens is 4.